The van der Waals surface area contributed by atoms with Gasteiger partial charge in [-0.1, -0.05) is 23.4 Å². The molecule has 0 saturated heterocycles. The Morgan fingerprint density at radius 3 is 2.29 bits per heavy atom. The van der Waals surface area contributed by atoms with E-state index in [9.17, 15) is 0 Å². The normalized spacial score (nSPS) is 9.94. The Bertz CT molecular complexity index is 575. The molecule has 0 radical (unpaired) electrons. The van der Waals surface area contributed by atoms with Crippen molar-refractivity contribution >= 4 is 46.0 Å². The van der Waals surface area contributed by atoms with Gasteiger partial charge in [-0.2, -0.15) is 5.26 Å². The molecule has 0 saturated carbocycles. The van der Waals surface area contributed by atoms with Crippen LogP contribution in [0.4, 0.5) is 0 Å². The molecule has 0 amide bonds. The molecular weight excluding hydrogens is 365 g/mol. The molecule has 4 heteroatoms. The predicted octanol–water partition coefficient (Wildman–Crippen LogP) is 4.97. The summed E-state index contributed by atoms with van der Waals surface area (Å²) in [6.45, 7) is 0. The van der Waals surface area contributed by atoms with Gasteiger partial charge in [0.1, 0.15) is 6.07 Å². The molecule has 0 atom stereocenters. The number of nitriles is 1. The molecule has 0 spiro atoms. The fourth-order valence-corrected chi connectivity index (χ4v) is 3.12. The van der Waals surface area contributed by atoms with E-state index < -0.39 is 0 Å². The minimum absolute atomic E-state index is 0.714. The standard InChI is InChI=1S/C13H7ClINS/c14-10-2-5-11(6-3-10)17-12-4-1-9(8-16)13(15)7-12/h1-7H. The van der Waals surface area contributed by atoms with Crippen LogP contribution in [0.3, 0.4) is 0 Å². The first-order chi connectivity index (χ1) is 8.19. The molecule has 0 N–H and O–H groups in total. The maximum atomic E-state index is 8.85. The van der Waals surface area contributed by atoms with Crippen LogP contribution >= 0.6 is 46.0 Å². The van der Waals surface area contributed by atoms with E-state index in [2.05, 4.69) is 28.7 Å². The van der Waals surface area contributed by atoms with E-state index in [4.69, 9.17) is 16.9 Å². The lowest BCUT2D eigenvalue weighted by Crippen LogP contribution is -1.82. The van der Waals surface area contributed by atoms with Crippen LogP contribution in [-0.2, 0) is 0 Å². The topological polar surface area (TPSA) is 23.8 Å². The van der Waals surface area contributed by atoms with E-state index in [0.29, 0.717) is 5.56 Å². The first kappa shape index (κ1) is 12.7. The molecule has 0 heterocycles. The average molecular weight is 372 g/mol. The van der Waals surface area contributed by atoms with Crippen LogP contribution in [0.2, 0.25) is 5.02 Å². The summed E-state index contributed by atoms with van der Waals surface area (Å²) in [5, 5.41) is 9.59. The number of benzene rings is 2. The SMILES string of the molecule is N#Cc1ccc(Sc2ccc(Cl)cc2)cc1I. The molecule has 0 bridgehead atoms. The summed E-state index contributed by atoms with van der Waals surface area (Å²) >= 11 is 9.67. The molecule has 0 unspecified atom stereocenters. The molecule has 1 nitrogen and oxygen atoms in total. The van der Waals surface area contributed by atoms with Gasteiger partial charge in [0.05, 0.1) is 5.56 Å². The van der Waals surface area contributed by atoms with Crippen molar-refractivity contribution in [2.45, 2.75) is 9.79 Å². The summed E-state index contributed by atoms with van der Waals surface area (Å²) < 4.78 is 0.976. The summed E-state index contributed by atoms with van der Waals surface area (Å²) in [7, 11) is 0. The molecule has 0 aromatic heterocycles. The number of halogens is 2. The monoisotopic (exact) mass is 371 g/mol. The maximum absolute atomic E-state index is 8.85. The molecular formula is C13H7ClINS. The van der Waals surface area contributed by atoms with Gasteiger partial charge in [-0.3, -0.25) is 0 Å². The second kappa shape index (κ2) is 5.76. The third kappa shape index (κ3) is 3.38. The highest BCUT2D eigenvalue weighted by Crippen LogP contribution is 2.30. The van der Waals surface area contributed by atoms with E-state index >= 15 is 0 Å². The molecule has 0 aliphatic rings. The Morgan fingerprint density at radius 2 is 1.71 bits per heavy atom. The van der Waals surface area contributed by atoms with Crippen molar-refractivity contribution in [1.29, 1.82) is 5.26 Å². The quantitative estimate of drug-likeness (QED) is 0.696. The maximum Gasteiger partial charge on any atom is 0.100 e. The third-order valence-corrected chi connectivity index (χ3v) is 4.25. The third-order valence-electron chi connectivity index (χ3n) is 2.11. The zero-order chi connectivity index (χ0) is 12.3. The zero-order valence-corrected chi connectivity index (χ0v) is 12.4. The van der Waals surface area contributed by atoms with Crippen molar-refractivity contribution in [3.8, 4) is 6.07 Å². The van der Waals surface area contributed by atoms with Crippen molar-refractivity contribution < 1.29 is 0 Å². The first-order valence-corrected chi connectivity index (χ1v) is 7.09. The van der Waals surface area contributed by atoms with Gasteiger partial charge in [0.2, 0.25) is 0 Å². The van der Waals surface area contributed by atoms with Gasteiger partial charge in [0.25, 0.3) is 0 Å². The highest BCUT2D eigenvalue weighted by Gasteiger charge is 2.02. The Hall–Kier alpha value is -0.700. The predicted molar refractivity (Wildman–Crippen MR) is 79.4 cm³/mol. The van der Waals surface area contributed by atoms with Crippen molar-refractivity contribution in [2.24, 2.45) is 0 Å². The Kier molecular flexibility index (Phi) is 4.32. The van der Waals surface area contributed by atoms with E-state index in [1.54, 1.807) is 11.8 Å². The minimum Gasteiger partial charge on any atom is -0.192 e. The summed E-state index contributed by atoms with van der Waals surface area (Å²) in [4.78, 5) is 2.26. The van der Waals surface area contributed by atoms with E-state index in [1.807, 2.05) is 42.5 Å². The van der Waals surface area contributed by atoms with Gasteiger partial charge >= 0.3 is 0 Å². The van der Waals surface area contributed by atoms with Gasteiger partial charge in [-0.05, 0) is 65.1 Å². The Labute approximate surface area is 123 Å². The Morgan fingerprint density at radius 1 is 1.06 bits per heavy atom. The minimum atomic E-state index is 0.714. The molecule has 84 valence electrons. The fourth-order valence-electron chi connectivity index (χ4n) is 1.29. The fraction of sp³-hybridized carbons (Fsp3) is 0. The lowest BCUT2D eigenvalue weighted by atomic mass is 10.2. The van der Waals surface area contributed by atoms with Crippen molar-refractivity contribution in [3.05, 3.63) is 56.6 Å². The zero-order valence-electron chi connectivity index (χ0n) is 8.65. The van der Waals surface area contributed by atoms with Crippen molar-refractivity contribution in [1.82, 2.24) is 0 Å². The molecule has 17 heavy (non-hydrogen) atoms. The highest BCUT2D eigenvalue weighted by molar-refractivity contribution is 14.1. The molecule has 2 rings (SSSR count). The van der Waals surface area contributed by atoms with Gasteiger partial charge in [0, 0.05) is 18.4 Å². The van der Waals surface area contributed by atoms with Gasteiger partial charge < -0.3 is 0 Å². The van der Waals surface area contributed by atoms with Gasteiger partial charge in [0.15, 0.2) is 0 Å². The number of hydrogen-bond acceptors (Lipinski definition) is 2. The number of nitrogens with zero attached hydrogens (tertiary/aromatic N) is 1. The summed E-state index contributed by atoms with van der Waals surface area (Å²) in [5.74, 6) is 0. The molecule has 2 aromatic rings. The molecule has 0 aliphatic carbocycles. The van der Waals surface area contributed by atoms with Gasteiger partial charge in [-0.15, -0.1) is 0 Å². The molecule has 0 aliphatic heterocycles. The number of hydrogen-bond donors (Lipinski definition) is 0. The van der Waals surface area contributed by atoms with E-state index in [0.717, 1.165) is 18.4 Å². The second-order valence-electron chi connectivity index (χ2n) is 3.31. The summed E-state index contributed by atoms with van der Waals surface area (Å²) in [5.41, 5.74) is 0.714. The van der Waals surface area contributed by atoms with Crippen LogP contribution in [0.5, 0.6) is 0 Å². The van der Waals surface area contributed by atoms with Crippen LogP contribution in [0.25, 0.3) is 0 Å². The molecule has 2 aromatic carbocycles. The average Bonchev–Trinajstić information content (AvgIpc) is 2.32. The van der Waals surface area contributed by atoms with Crippen LogP contribution < -0.4 is 0 Å². The Balaban J connectivity index is 2.22. The van der Waals surface area contributed by atoms with Crippen LogP contribution in [-0.4, -0.2) is 0 Å². The highest BCUT2D eigenvalue weighted by atomic mass is 127. The lowest BCUT2D eigenvalue weighted by molar-refractivity contribution is 1.36. The second-order valence-corrected chi connectivity index (χ2v) is 6.05. The van der Waals surface area contributed by atoms with Crippen LogP contribution in [0.1, 0.15) is 5.56 Å². The van der Waals surface area contributed by atoms with Gasteiger partial charge in [-0.25, -0.2) is 0 Å². The molecule has 0 fully saturated rings. The lowest BCUT2D eigenvalue weighted by Gasteiger charge is -2.03. The van der Waals surface area contributed by atoms with Crippen LogP contribution in [0.15, 0.2) is 52.3 Å². The van der Waals surface area contributed by atoms with Crippen molar-refractivity contribution in [2.75, 3.05) is 0 Å². The van der Waals surface area contributed by atoms with Crippen LogP contribution in [0, 0.1) is 14.9 Å². The largest absolute Gasteiger partial charge is 0.192 e. The first-order valence-electron chi connectivity index (χ1n) is 4.82. The van der Waals surface area contributed by atoms with Crippen molar-refractivity contribution in [3.63, 3.8) is 0 Å². The smallest absolute Gasteiger partial charge is 0.100 e. The van der Waals surface area contributed by atoms with E-state index in [-0.39, 0.29) is 0 Å². The number of rotatable bonds is 2. The van der Waals surface area contributed by atoms with E-state index in [1.165, 1.54) is 0 Å². The summed E-state index contributed by atoms with van der Waals surface area (Å²) in [6.07, 6.45) is 0. The summed E-state index contributed by atoms with van der Waals surface area (Å²) in [6, 6.07) is 15.7.